The molecule has 2 heterocycles. The van der Waals surface area contributed by atoms with Gasteiger partial charge in [0.25, 0.3) is 0 Å². The van der Waals surface area contributed by atoms with Crippen molar-refractivity contribution in [1.82, 2.24) is 15.6 Å². The molecule has 1 aromatic heterocycles. The van der Waals surface area contributed by atoms with Crippen molar-refractivity contribution in [3.05, 3.63) is 59.3 Å². The number of nitrogens with one attached hydrogen (secondary N) is 2. The fourth-order valence-corrected chi connectivity index (χ4v) is 3.97. The van der Waals surface area contributed by atoms with Crippen LogP contribution in [0.5, 0.6) is 0 Å². The van der Waals surface area contributed by atoms with Crippen molar-refractivity contribution in [3.8, 4) is 0 Å². The number of nitrogens with zero attached hydrogens (tertiary/aromatic N) is 3. The van der Waals surface area contributed by atoms with E-state index in [-0.39, 0.29) is 35.8 Å². The lowest BCUT2D eigenvalue weighted by Gasteiger charge is -2.32. The zero-order valence-corrected chi connectivity index (χ0v) is 21.3. The number of amides is 1. The molecule has 4 N–H and O–H groups in total. The molecule has 174 valence electrons. The quantitative estimate of drug-likeness (QED) is 0.267. The van der Waals surface area contributed by atoms with Crippen molar-refractivity contribution in [2.75, 3.05) is 24.5 Å². The van der Waals surface area contributed by atoms with Crippen LogP contribution in [0.15, 0.2) is 47.6 Å². The van der Waals surface area contributed by atoms with E-state index in [1.54, 1.807) is 0 Å². The van der Waals surface area contributed by atoms with Gasteiger partial charge in [-0.05, 0) is 43.4 Å². The summed E-state index contributed by atoms with van der Waals surface area (Å²) in [6, 6.07) is 12.5. The van der Waals surface area contributed by atoms with Crippen LogP contribution in [-0.2, 0) is 24.3 Å². The van der Waals surface area contributed by atoms with Gasteiger partial charge in [0.1, 0.15) is 5.82 Å². The maximum absolute atomic E-state index is 11.5. The number of aromatic nitrogens is 1. The minimum absolute atomic E-state index is 0. The van der Waals surface area contributed by atoms with Crippen LogP contribution < -0.4 is 21.3 Å². The molecule has 0 bridgehead atoms. The molecule has 0 spiro atoms. The van der Waals surface area contributed by atoms with Gasteiger partial charge in [-0.2, -0.15) is 0 Å². The number of piperidine rings is 1. The van der Waals surface area contributed by atoms with Gasteiger partial charge in [0, 0.05) is 43.9 Å². The zero-order chi connectivity index (χ0) is 22.1. The summed E-state index contributed by atoms with van der Waals surface area (Å²) in [5.74, 6) is 1.51. The molecule has 1 aliphatic rings. The van der Waals surface area contributed by atoms with Crippen molar-refractivity contribution in [2.45, 2.75) is 46.2 Å². The van der Waals surface area contributed by atoms with Gasteiger partial charge in [-0.3, -0.25) is 4.79 Å². The molecule has 1 saturated heterocycles. The molecule has 2 aromatic rings. The molecule has 3 rings (SSSR count). The minimum Gasteiger partial charge on any atom is -0.369 e. The second kappa shape index (κ2) is 13.2. The van der Waals surface area contributed by atoms with Crippen molar-refractivity contribution < 1.29 is 4.79 Å². The summed E-state index contributed by atoms with van der Waals surface area (Å²) < 4.78 is 0. The molecule has 7 nitrogen and oxygen atoms in total. The number of carbonyl (C=O) groups excluding carboxylic acids is 1. The van der Waals surface area contributed by atoms with E-state index in [4.69, 9.17) is 10.7 Å². The van der Waals surface area contributed by atoms with Crippen LogP contribution in [0.2, 0.25) is 0 Å². The molecule has 32 heavy (non-hydrogen) atoms. The number of hydrogen-bond donors (Lipinski definition) is 3. The second-order valence-electron chi connectivity index (χ2n) is 7.82. The van der Waals surface area contributed by atoms with Gasteiger partial charge in [-0.25, -0.2) is 9.98 Å². The number of aryl methyl sites for hydroxylation is 1. The summed E-state index contributed by atoms with van der Waals surface area (Å²) in [5, 5.41) is 6.78. The van der Waals surface area contributed by atoms with Crippen LogP contribution in [0.4, 0.5) is 5.82 Å². The highest BCUT2D eigenvalue weighted by atomic mass is 127. The highest BCUT2D eigenvalue weighted by Crippen LogP contribution is 2.25. The van der Waals surface area contributed by atoms with Crippen LogP contribution in [0.1, 0.15) is 43.4 Å². The Hall–Kier alpha value is -2.36. The molecule has 1 amide bonds. The molecule has 1 aliphatic heterocycles. The minimum atomic E-state index is -0.198. The highest BCUT2D eigenvalue weighted by molar-refractivity contribution is 14.0. The van der Waals surface area contributed by atoms with Gasteiger partial charge in [-0.15, -0.1) is 24.0 Å². The first kappa shape index (κ1) is 25.9. The average Bonchev–Trinajstić information content (AvgIpc) is 2.81. The Morgan fingerprint density at radius 1 is 1.09 bits per heavy atom. The molecular formula is C24H35IN6O. The molecule has 0 unspecified atom stereocenters. The summed E-state index contributed by atoms with van der Waals surface area (Å²) in [6.45, 7) is 7.87. The van der Waals surface area contributed by atoms with Crippen molar-refractivity contribution in [2.24, 2.45) is 16.6 Å². The van der Waals surface area contributed by atoms with Crippen molar-refractivity contribution in [1.29, 1.82) is 0 Å². The van der Waals surface area contributed by atoms with E-state index in [9.17, 15) is 4.79 Å². The number of anilines is 1. The van der Waals surface area contributed by atoms with Crippen LogP contribution in [0.3, 0.4) is 0 Å². The normalized spacial score (nSPS) is 14.6. The van der Waals surface area contributed by atoms with Crippen LogP contribution >= 0.6 is 24.0 Å². The third-order valence-electron chi connectivity index (χ3n) is 5.76. The van der Waals surface area contributed by atoms with Crippen molar-refractivity contribution in [3.63, 3.8) is 0 Å². The molecule has 1 aromatic carbocycles. The number of hydrogen-bond acceptors (Lipinski definition) is 4. The average molecular weight is 550 g/mol. The Balaban J connectivity index is 0.00000363. The van der Waals surface area contributed by atoms with E-state index in [1.165, 1.54) is 11.1 Å². The molecular weight excluding hydrogens is 515 g/mol. The highest BCUT2D eigenvalue weighted by Gasteiger charge is 2.24. The van der Waals surface area contributed by atoms with Crippen LogP contribution in [-0.4, -0.2) is 36.5 Å². The van der Waals surface area contributed by atoms with E-state index in [1.807, 2.05) is 12.3 Å². The van der Waals surface area contributed by atoms with E-state index in [2.05, 4.69) is 64.7 Å². The third kappa shape index (κ3) is 7.08. The van der Waals surface area contributed by atoms with Gasteiger partial charge in [0.15, 0.2) is 5.96 Å². The molecule has 8 heteroatoms. The first-order chi connectivity index (χ1) is 15.1. The lowest BCUT2D eigenvalue weighted by atomic mass is 9.96. The number of halogens is 1. The van der Waals surface area contributed by atoms with Gasteiger partial charge in [-0.1, -0.05) is 37.3 Å². The number of benzene rings is 1. The smallest absolute Gasteiger partial charge is 0.220 e. The standard InChI is InChI=1S/C24H34N6O.HI/c1-3-18-8-5-6-9-20(18)16-28-24(26-4-2)29-17-21-10-7-13-27-23(21)30-14-11-19(12-15-30)22(25)31;/h5-10,13,19H,3-4,11-12,14-17H2,1-2H3,(H2,25,31)(H2,26,28,29);1H. The number of primary amides is 1. The molecule has 0 saturated carbocycles. The van der Waals surface area contributed by atoms with Crippen LogP contribution in [0.25, 0.3) is 0 Å². The number of carbonyl (C=O) groups is 1. The fraction of sp³-hybridized carbons (Fsp3) is 0.458. The predicted molar refractivity (Wildman–Crippen MR) is 141 cm³/mol. The Kier molecular flexibility index (Phi) is 10.7. The van der Waals surface area contributed by atoms with E-state index < -0.39 is 0 Å². The lowest BCUT2D eigenvalue weighted by Crippen LogP contribution is -2.39. The number of pyridine rings is 1. The van der Waals surface area contributed by atoms with E-state index in [0.29, 0.717) is 6.54 Å². The molecule has 0 atom stereocenters. The van der Waals surface area contributed by atoms with E-state index in [0.717, 1.165) is 62.8 Å². The van der Waals surface area contributed by atoms with Gasteiger partial charge < -0.3 is 21.3 Å². The lowest BCUT2D eigenvalue weighted by molar-refractivity contribution is -0.122. The monoisotopic (exact) mass is 550 g/mol. The number of rotatable bonds is 8. The molecule has 1 fully saturated rings. The second-order valence-corrected chi connectivity index (χ2v) is 7.82. The fourth-order valence-electron chi connectivity index (χ4n) is 3.97. The van der Waals surface area contributed by atoms with E-state index >= 15 is 0 Å². The van der Waals surface area contributed by atoms with Crippen LogP contribution in [0, 0.1) is 5.92 Å². The Labute approximate surface area is 208 Å². The summed E-state index contributed by atoms with van der Waals surface area (Å²) in [7, 11) is 0. The predicted octanol–water partition coefficient (Wildman–Crippen LogP) is 3.22. The molecule has 0 aliphatic carbocycles. The van der Waals surface area contributed by atoms with Gasteiger partial charge in [0.2, 0.25) is 5.91 Å². The largest absolute Gasteiger partial charge is 0.369 e. The number of nitrogens with two attached hydrogens (primary N) is 1. The Morgan fingerprint density at radius 2 is 1.78 bits per heavy atom. The third-order valence-corrected chi connectivity index (χ3v) is 5.76. The number of aliphatic imine (C=N–C) groups is 1. The summed E-state index contributed by atoms with van der Waals surface area (Å²) in [6.07, 6.45) is 4.37. The topological polar surface area (TPSA) is 95.6 Å². The summed E-state index contributed by atoms with van der Waals surface area (Å²) in [4.78, 5) is 23.1. The van der Waals surface area contributed by atoms with Crippen molar-refractivity contribution >= 4 is 41.7 Å². The van der Waals surface area contributed by atoms with Gasteiger partial charge in [0.05, 0.1) is 6.54 Å². The Bertz CT molecular complexity index is 896. The SMILES string of the molecule is CCNC(=NCc1cccnc1N1CCC(C(N)=O)CC1)NCc1ccccc1CC.I. The summed E-state index contributed by atoms with van der Waals surface area (Å²) >= 11 is 0. The maximum Gasteiger partial charge on any atom is 0.220 e. The Morgan fingerprint density at radius 3 is 2.44 bits per heavy atom. The first-order valence-corrected chi connectivity index (χ1v) is 11.2. The van der Waals surface area contributed by atoms with Gasteiger partial charge >= 0.3 is 0 Å². The maximum atomic E-state index is 11.5. The molecule has 0 radical (unpaired) electrons. The zero-order valence-electron chi connectivity index (χ0n) is 19.0. The summed E-state index contributed by atoms with van der Waals surface area (Å²) in [5.41, 5.74) is 9.18. The first-order valence-electron chi connectivity index (χ1n) is 11.2. The number of guanidine groups is 1.